The van der Waals surface area contributed by atoms with Crippen molar-refractivity contribution < 1.29 is 8.78 Å². The van der Waals surface area contributed by atoms with E-state index in [1.165, 1.54) is 94.7 Å². The molecule has 2 aromatic carbocycles. The Bertz CT molecular complexity index is 748. The number of halogens is 2. The lowest BCUT2D eigenvalue weighted by atomic mass is 9.97. The lowest BCUT2D eigenvalue weighted by Crippen LogP contribution is -1.96. The number of aryl methyl sites for hydroxylation is 2. The first-order chi connectivity index (χ1) is 15.7. The van der Waals surface area contributed by atoms with Gasteiger partial charge < -0.3 is 0 Å². The van der Waals surface area contributed by atoms with E-state index in [0.717, 1.165) is 24.8 Å². The van der Waals surface area contributed by atoms with Crippen LogP contribution in [0.5, 0.6) is 0 Å². The van der Waals surface area contributed by atoms with E-state index in [9.17, 15) is 8.78 Å². The summed E-state index contributed by atoms with van der Waals surface area (Å²) < 4.78 is 29.4. The second-order valence-corrected chi connectivity index (χ2v) is 9.36. The Labute approximate surface area is 195 Å². The maximum absolute atomic E-state index is 14.7. The molecular weight excluding hydrogens is 398 g/mol. The van der Waals surface area contributed by atoms with Gasteiger partial charge in [-0.25, -0.2) is 8.78 Å². The van der Waals surface area contributed by atoms with E-state index in [1.807, 2.05) is 12.1 Å². The quantitative estimate of drug-likeness (QED) is 0.214. The molecule has 0 atom stereocenters. The molecule has 0 unspecified atom stereocenters. The van der Waals surface area contributed by atoms with Crippen molar-refractivity contribution in [3.8, 4) is 11.1 Å². The van der Waals surface area contributed by atoms with Gasteiger partial charge in [-0.15, -0.1) is 0 Å². The fourth-order valence-corrected chi connectivity index (χ4v) is 4.41. The van der Waals surface area contributed by atoms with Gasteiger partial charge in [0.1, 0.15) is 11.6 Å². The van der Waals surface area contributed by atoms with Crippen molar-refractivity contribution in [3.63, 3.8) is 0 Å². The van der Waals surface area contributed by atoms with Gasteiger partial charge in [0.15, 0.2) is 0 Å². The van der Waals surface area contributed by atoms with Gasteiger partial charge in [0.2, 0.25) is 0 Å². The first kappa shape index (κ1) is 26.6. The van der Waals surface area contributed by atoms with Gasteiger partial charge in [-0.2, -0.15) is 0 Å². The molecule has 0 fully saturated rings. The summed E-state index contributed by atoms with van der Waals surface area (Å²) in [5.41, 5.74) is 2.91. The highest BCUT2D eigenvalue weighted by Crippen LogP contribution is 2.27. The van der Waals surface area contributed by atoms with E-state index >= 15 is 0 Å². The first-order valence-electron chi connectivity index (χ1n) is 13.2. The predicted octanol–water partition coefficient (Wildman–Crippen LogP) is 10.2. The number of hydrogen-bond acceptors (Lipinski definition) is 0. The maximum Gasteiger partial charge on any atom is 0.131 e. The maximum atomic E-state index is 14.7. The first-order valence-corrected chi connectivity index (χ1v) is 13.2. The van der Waals surface area contributed by atoms with Crippen LogP contribution in [-0.4, -0.2) is 0 Å². The zero-order chi connectivity index (χ0) is 23.0. The summed E-state index contributed by atoms with van der Waals surface area (Å²) in [7, 11) is 0. The molecule has 2 rings (SSSR count). The van der Waals surface area contributed by atoms with Crippen molar-refractivity contribution in [2.75, 3.05) is 0 Å². The Morgan fingerprint density at radius 1 is 0.531 bits per heavy atom. The van der Waals surface area contributed by atoms with Crippen LogP contribution in [0, 0.1) is 11.6 Å². The molecule has 0 saturated heterocycles. The molecule has 178 valence electrons. The van der Waals surface area contributed by atoms with Crippen LogP contribution < -0.4 is 0 Å². The largest absolute Gasteiger partial charge is 0.207 e. The lowest BCUT2D eigenvalue weighted by molar-refractivity contribution is 0.564. The Morgan fingerprint density at radius 2 is 1.03 bits per heavy atom. The van der Waals surface area contributed by atoms with Gasteiger partial charge in [-0.3, -0.25) is 0 Å². The average molecular weight is 443 g/mol. The summed E-state index contributed by atoms with van der Waals surface area (Å²) >= 11 is 0. The highest BCUT2D eigenvalue weighted by atomic mass is 19.1. The van der Waals surface area contributed by atoms with Crippen LogP contribution in [0.1, 0.15) is 115 Å². The summed E-state index contributed by atoms with van der Waals surface area (Å²) in [4.78, 5) is 0. The summed E-state index contributed by atoms with van der Waals surface area (Å²) in [6, 6.07) is 10.8. The van der Waals surface area contributed by atoms with E-state index in [0.29, 0.717) is 17.5 Å². The molecule has 32 heavy (non-hydrogen) atoms. The fourth-order valence-electron chi connectivity index (χ4n) is 4.41. The lowest BCUT2D eigenvalue weighted by Gasteiger charge is -2.10. The third-order valence-corrected chi connectivity index (χ3v) is 6.52. The Balaban J connectivity index is 1.80. The number of hydrogen-bond donors (Lipinski definition) is 0. The molecule has 0 amide bonds. The summed E-state index contributed by atoms with van der Waals surface area (Å²) in [5, 5.41) is 0. The van der Waals surface area contributed by atoms with Crippen molar-refractivity contribution in [2.45, 2.75) is 117 Å². The van der Waals surface area contributed by atoms with E-state index in [-0.39, 0.29) is 11.6 Å². The fraction of sp³-hybridized carbons (Fsp3) is 0.600. The number of rotatable bonds is 17. The van der Waals surface area contributed by atoms with Crippen molar-refractivity contribution in [1.82, 2.24) is 0 Å². The van der Waals surface area contributed by atoms with Gasteiger partial charge in [0.05, 0.1) is 0 Å². The molecule has 0 N–H and O–H groups in total. The SMILES string of the molecule is CCCCCCCCCc1ccc(-c2cc(F)c(CCCCCCCCC)cc2F)cc1. The number of benzene rings is 2. The molecule has 0 bridgehead atoms. The topological polar surface area (TPSA) is 0 Å². The highest BCUT2D eigenvalue weighted by molar-refractivity contribution is 5.65. The molecule has 0 aliphatic carbocycles. The highest BCUT2D eigenvalue weighted by Gasteiger charge is 2.12. The molecule has 0 spiro atoms. The van der Waals surface area contributed by atoms with Crippen LogP contribution in [0.25, 0.3) is 11.1 Å². The normalized spacial score (nSPS) is 11.2. The molecule has 0 aliphatic heterocycles. The molecule has 0 saturated carbocycles. The molecule has 0 aliphatic rings. The zero-order valence-corrected chi connectivity index (χ0v) is 20.5. The Hall–Kier alpha value is -1.70. The van der Waals surface area contributed by atoms with Gasteiger partial charge in [-0.05, 0) is 54.5 Å². The van der Waals surface area contributed by atoms with Crippen LogP contribution in [-0.2, 0) is 12.8 Å². The molecule has 0 nitrogen and oxygen atoms in total. The van der Waals surface area contributed by atoms with Crippen LogP contribution in [0.2, 0.25) is 0 Å². The minimum Gasteiger partial charge on any atom is -0.207 e. The average Bonchev–Trinajstić information content (AvgIpc) is 2.80. The van der Waals surface area contributed by atoms with E-state index < -0.39 is 0 Å². The summed E-state index contributed by atoms with van der Waals surface area (Å²) in [6.45, 7) is 4.46. The number of unbranched alkanes of at least 4 members (excludes halogenated alkanes) is 12. The van der Waals surface area contributed by atoms with Gasteiger partial charge in [0.25, 0.3) is 0 Å². The van der Waals surface area contributed by atoms with Crippen molar-refractivity contribution >= 4 is 0 Å². The standard InChI is InChI=1S/C30H44F2/c1-3-5-7-9-11-13-15-17-25-19-21-26(22-20-25)28-24-29(31)27(23-30(28)32)18-16-14-12-10-8-6-4-2/h19-24H,3-18H2,1-2H3. The second kappa shape index (κ2) is 16.0. The van der Waals surface area contributed by atoms with Crippen LogP contribution in [0.3, 0.4) is 0 Å². The predicted molar refractivity (Wildman–Crippen MR) is 135 cm³/mol. The molecule has 0 heterocycles. The Morgan fingerprint density at radius 3 is 1.59 bits per heavy atom. The molecule has 0 radical (unpaired) electrons. The van der Waals surface area contributed by atoms with E-state index in [4.69, 9.17) is 0 Å². The molecule has 2 aromatic rings. The monoisotopic (exact) mass is 442 g/mol. The Kier molecular flexibility index (Phi) is 13.3. The van der Waals surface area contributed by atoms with E-state index in [2.05, 4.69) is 26.0 Å². The molecule has 2 heteroatoms. The molecule has 0 aromatic heterocycles. The van der Waals surface area contributed by atoms with Gasteiger partial charge in [0, 0.05) is 5.56 Å². The zero-order valence-electron chi connectivity index (χ0n) is 20.5. The summed E-state index contributed by atoms with van der Waals surface area (Å²) in [5.74, 6) is -0.594. The third kappa shape index (κ3) is 9.84. The second-order valence-electron chi connectivity index (χ2n) is 9.36. The molecular formula is C30H44F2. The van der Waals surface area contributed by atoms with Crippen molar-refractivity contribution in [2.24, 2.45) is 0 Å². The minimum atomic E-state index is -0.316. The van der Waals surface area contributed by atoms with Crippen LogP contribution in [0.15, 0.2) is 36.4 Å². The van der Waals surface area contributed by atoms with Gasteiger partial charge >= 0.3 is 0 Å². The van der Waals surface area contributed by atoms with E-state index in [1.54, 1.807) is 0 Å². The smallest absolute Gasteiger partial charge is 0.131 e. The van der Waals surface area contributed by atoms with Crippen molar-refractivity contribution in [3.05, 3.63) is 59.2 Å². The van der Waals surface area contributed by atoms with Crippen molar-refractivity contribution in [1.29, 1.82) is 0 Å². The van der Waals surface area contributed by atoms with Crippen LogP contribution in [0.4, 0.5) is 8.78 Å². The summed E-state index contributed by atoms with van der Waals surface area (Å²) in [6.07, 6.45) is 19.1. The van der Waals surface area contributed by atoms with Gasteiger partial charge in [-0.1, -0.05) is 115 Å². The third-order valence-electron chi connectivity index (χ3n) is 6.52. The minimum absolute atomic E-state index is 0.278. The van der Waals surface area contributed by atoms with Crippen LogP contribution >= 0.6 is 0 Å².